The standard InChI is InChI=1S/C9H7ClF6N2O/c1-3-4(2)6(18-17-5(3)10)19-7(8(11,12)13)9(14,15)16/h7H,1-2H3. The highest BCUT2D eigenvalue weighted by Gasteiger charge is 2.59. The summed E-state index contributed by atoms with van der Waals surface area (Å²) in [6, 6.07) is 0. The fourth-order valence-electron chi connectivity index (χ4n) is 1.10. The topological polar surface area (TPSA) is 35.0 Å². The number of hydrogen-bond acceptors (Lipinski definition) is 3. The number of rotatable bonds is 2. The van der Waals surface area contributed by atoms with Crippen molar-refractivity contribution in [3.05, 3.63) is 16.3 Å². The number of nitrogens with zero attached hydrogens (tertiary/aromatic N) is 2. The third-order valence-electron chi connectivity index (χ3n) is 2.25. The molecule has 0 unspecified atom stereocenters. The lowest BCUT2D eigenvalue weighted by Crippen LogP contribution is -2.46. The fraction of sp³-hybridized carbons (Fsp3) is 0.556. The number of alkyl halides is 6. The van der Waals surface area contributed by atoms with Crippen LogP contribution >= 0.6 is 11.6 Å². The first-order valence-corrected chi connectivity index (χ1v) is 5.12. The Morgan fingerprint density at radius 3 is 1.84 bits per heavy atom. The van der Waals surface area contributed by atoms with Crippen LogP contribution in [0.15, 0.2) is 0 Å². The first kappa shape index (κ1) is 15.8. The van der Waals surface area contributed by atoms with Crippen molar-refractivity contribution in [1.29, 1.82) is 0 Å². The lowest BCUT2D eigenvalue weighted by atomic mass is 10.2. The molecular formula is C9H7ClF6N2O. The quantitative estimate of drug-likeness (QED) is 0.783. The average molecular weight is 309 g/mol. The largest absolute Gasteiger partial charge is 0.453 e. The second-order valence-electron chi connectivity index (χ2n) is 3.63. The highest BCUT2D eigenvalue weighted by atomic mass is 35.5. The summed E-state index contributed by atoms with van der Waals surface area (Å²) in [7, 11) is 0. The van der Waals surface area contributed by atoms with Gasteiger partial charge in [0.15, 0.2) is 5.15 Å². The molecule has 0 radical (unpaired) electrons. The van der Waals surface area contributed by atoms with Crippen molar-refractivity contribution in [2.75, 3.05) is 0 Å². The summed E-state index contributed by atoms with van der Waals surface area (Å²) in [6.45, 7) is 2.60. The summed E-state index contributed by atoms with van der Waals surface area (Å²) in [4.78, 5) is 0. The van der Waals surface area contributed by atoms with Gasteiger partial charge in [-0.05, 0) is 19.4 Å². The van der Waals surface area contributed by atoms with Crippen molar-refractivity contribution in [2.24, 2.45) is 0 Å². The van der Waals surface area contributed by atoms with Crippen LogP contribution < -0.4 is 4.74 Å². The molecule has 1 aromatic heterocycles. The maximum Gasteiger partial charge on any atom is 0.434 e. The average Bonchev–Trinajstić information content (AvgIpc) is 2.21. The molecule has 0 aliphatic carbocycles. The van der Waals surface area contributed by atoms with Crippen LogP contribution in [-0.4, -0.2) is 28.7 Å². The zero-order chi connectivity index (χ0) is 15.0. The van der Waals surface area contributed by atoms with Gasteiger partial charge in [0.1, 0.15) is 0 Å². The van der Waals surface area contributed by atoms with E-state index in [0.717, 1.165) is 0 Å². The normalized spacial score (nSPS) is 12.9. The number of aromatic nitrogens is 2. The summed E-state index contributed by atoms with van der Waals surface area (Å²) in [5, 5.41) is 6.19. The second kappa shape index (κ2) is 5.03. The molecule has 1 heterocycles. The highest BCUT2D eigenvalue weighted by molar-refractivity contribution is 6.30. The SMILES string of the molecule is Cc1c(Cl)nnc(OC(C(F)(F)F)C(F)(F)F)c1C. The van der Waals surface area contributed by atoms with E-state index in [1.807, 2.05) is 0 Å². The van der Waals surface area contributed by atoms with Gasteiger partial charge in [-0.1, -0.05) is 11.6 Å². The molecule has 0 spiro atoms. The van der Waals surface area contributed by atoms with E-state index in [1.54, 1.807) is 0 Å². The van der Waals surface area contributed by atoms with Gasteiger partial charge in [0.2, 0.25) is 5.88 Å². The van der Waals surface area contributed by atoms with Gasteiger partial charge in [-0.15, -0.1) is 10.2 Å². The van der Waals surface area contributed by atoms with Crippen molar-refractivity contribution in [3.8, 4) is 5.88 Å². The Balaban J connectivity index is 3.15. The molecule has 1 rings (SSSR count). The Bertz CT molecular complexity index is 459. The van der Waals surface area contributed by atoms with Gasteiger partial charge in [-0.3, -0.25) is 0 Å². The van der Waals surface area contributed by atoms with Crippen LogP contribution in [-0.2, 0) is 0 Å². The summed E-state index contributed by atoms with van der Waals surface area (Å²) in [5.41, 5.74) is 0.147. The van der Waals surface area contributed by atoms with E-state index in [4.69, 9.17) is 11.6 Å². The molecule has 0 amide bonds. The molecule has 0 atom stereocenters. The maximum absolute atomic E-state index is 12.3. The maximum atomic E-state index is 12.3. The smallest absolute Gasteiger partial charge is 0.434 e. The predicted octanol–water partition coefficient (Wildman–Crippen LogP) is 3.62. The molecule has 0 bridgehead atoms. The third kappa shape index (κ3) is 3.62. The first-order chi connectivity index (χ1) is 8.44. The van der Waals surface area contributed by atoms with Gasteiger partial charge >= 0.3 is 12.4 Å². The van der Waals surface area contributed by atoms with E-state index in [0.29, 0.717) is 0 Å². The van der Waals surface area contributed by atoms with E-state index in [1.165, 1.54) is 13.8 Å². The zero-order valence-electron chi connectivity index (χ0n) is 9.53. The Hall–Kier alpha value is -1.25. The van der Waals surface area contributed by atoms with Gasteiger partial charge in [0.05, 0.1) is 0 Å². The first-order valence-electron chi connectivity index (χ1n) is 4.74. The third-order valence-corrected chi connectivity index (χ3v) is 2.60. The molecular weight excluding hydrogens is 302 g/mol. The van der Waals surface area contributed by atoms with Crippen molar-refractivity contribution in [1.82, 2.24) is 10.2 Å². The summed E-state index contributed by atoms with van der Waals surface area (Å²) in [5.74, 6) is -0.860. The van der Waals surface area contributed by atoms with Crippen LogP contribution in [0.5, 0.6) is 5.88 Å². The van der Waals surface area contributed by atoms with Crippen LogP contribution in [0.25, 0.3) is 0 Å². The summed E-state index contributed by atoms with van der Waals surface area (Å²) in [6.07, 6.45) is -15.2. The van der Waals surface area contributed by atoms with E-state index in [2.05, 4.69) is 14.9 Å². The van der Waals surface area contributed by atoms with Crippen molar-refractivity contribution in [3.63, 3.8) is 0 Å². The van der Waals surface area contributed by atoms with Crippen LogP contribution in [0, 0.1) is 13.8 Å². The van der Waals surface area contributed by atoms with Gasteiger partial charge in [-0.25, -0.2) is 0 Å². The highest BCUT2D eigenvalue weighted by Crippen LogP contribution is 2.37. The molecule has 0 saturated carbocycles. The Morgan fingerprint density at radius 1 is 0.947 bits per heavy atom. The van der Waals surface area contributed by atoms with Gasteiger partial charge < -0.3 is 4.74 Å². The number of hydrogen-bond donors (Lipinski definition) is 0. The molecule has 0 N–H and O–H groups in total. The van der Waals surface area contributed by atoms with Crippen molar-refractivity contribution >= 4 is 11.6 Å². The second-order valence-corrected chi connectivity index (χ2v) is 3.99. The monoisotopic (exact) mass is 308 g/mol. The molecule has 0 fully saturated rings. The minimum absolute atomic E-state index is 0.0431. The lowest BCUT2D eigenvalue weighted by molar-refractivity contribution is -0.300. The molecule has 108 valence electrons. The minimum Gasteiger partial charge on any atom is -0.453 e. The van der Waals surface area contributed by atoms with E-state index in [-0.39, 0.29) is 16.3 Å². The molecule has 3 nitrogen and oxygen atoms in total. The Kier molecular flexibility index (Phi) is 4.18. The Labute approximate surface area is 108 Å². The van der Waals surface area contributed by atoms with Gasteiger partial charge in [0, 0.05) is 5.56 Å². The van der Waals surface area contributed by atoms with Crippen LogP contribution in [0.4, 0.5) is 26.3 Å². The lowest BCUT2D eigenvalue weighted by Gasteiger charge is -2.23. The van der Waals surface area contributed by atoms with E-state index < -0.39 is 24.3 Å². The fourth-order valence-corrected chi connectivity index (χ4v) is 1.28. The zero-order valence-corrected chi connectivity index (χ0v) is 10.3. The summed E-state index contributed by atoms with van der Waals surface area (Å²) >= 11 is 5.53. The Morgan fingerprint density at radius 2 is 1.42 bits per heavy atom. The van der Waals surface area contributed by atoms with Crippen molar-refractivity contribution < 1.29 is 31.1 Å². The number of ether oxygens (including phenoxy) is 1. The van der Waals surface area contributed by atoms with E-state index in [9.17, 15) is 26.3 Å². The minimum atomic E-state index is -5.61. The van der Waals surface area contributed by atoms with Crippen LogP contribution in [0.3, 0.4) is 0 Å². The molecule has 19 heavy (non-hydrogen) atoms. The van der Waals surface area contributed by atoms with Crippen LogP contribution in [0.2, 0.25) is 5.15 Å². The van der Waals surface area contributed by atoms with Crippen LogP contribution in [0.1, 0.15) is 11.1 Å². The molecule has 0 aliphatic rings. The molecule has 0 aromatic carbocycles. The van der Waals surface area contributed by atoms with Gasteiger partial charge in [0.25, 0.3) is 6.10 Å². The number of halogens is 7. The van der Waals surface area contributed by atoms with E-state index >= 15 is 0 Å². The van der Waals surface area contributed by atoms with Gasteiger partial charge in [-0.2, -0.15) is 26.3 Å². The van der Waals surface area contributed by atoms with Crippen molar-refractivity contribution in [2.45, 2.75) is 32.3 Å². The molecule has 10 heteroatoms. The predicted molar refractivity (Wildman–Crippen MR) is 53.0 cm³/mol. The molecule has 1 aromatic rings. The summed E-state index contributed by atoms with van der Waals surface area (Å²) < 4.78 is 77.7. The molecule has 0 saturated heterocycles. The molecule has 0 aliphatic heterocycles.